The van der Waals surface area contributed by atoms with Gasteiger partial charge in [0.1, 0.15) is 5.82 Å². The van der Waals surface area contributed by atoms with Crippen molar-refractivity contribution in [2.24, 2.45) is 4.99 Å². The fourth-order valence-electron chi connectivity index (χ4n) is 1.95. The van der Waals surface area contributed by atoms with E-state index < -0.39 is 0 Å². The summed E-state index contributed by atoms with van der Waals surface area (Å²) in [7, 11) is 0. The van der Waals surface area contributed by atoms with E-state index in [9.17, 15) is 4.39 Å². The number of rotatable bonds is 3. The van der Waals surface area contributed by atoms with E-state index in [4.69, 9.17) is 17.0 Å². The van der Waals surface area contributed by atoms with Gasteiger partial charge in [-0.2, -0.15) is 5.26 Å². The third-order valence-corrected chi connectivity index (χ3v) is 4.90. The van der Waals surface area contributed by atoms with Crippen molar-refractivity contribution in [3.63, 3.8) is 0 Å². The van der Waals surface area contributed by atoms with Crippen LogP contribution in [0.25, 0.3) is 11.1 Å². The summed E-state index contributed by atoms with van der Waals surface area (Å²) in [6.07, 6.45) is 5.40. The summed E-state index contributed by atoms with van der Waals surface area (Å²) in [5.41, 5.74) is 1.94. The Morgan fingerprint density at radius 3 is 2.43 bits per heavy atom. The number of hydrogen-bond donors (Lipinski definition) is 0. The van der Waals surface area contributed by atoms with Crippen molar-refractivity contribution in [1.29, 1.82) is 5.26 Å². The molecule has 0 heterocycles. The van der Waals surface area contributed by atoms with E-state index in [0.29, 0.717) is 16.4 Å². The first-order chi connectivity index (χ1) is 11.1. The lowest BCUT2D eigenvalue weighted by atomic mass is 10.0. The smallest absolute Gasteiger partial charge is 0.208 e. The first-order valence-corrected chi connectivity index (χ1v) is 9.30. The number of thioether (sulfide) groups is 2. The Kier molecular flexibility index (Phi) is 6.34. The highest BCUT2D eigenvalue weighted by atomic mass is 35.5. The summed E-state index contributed by atoms with van der Waals surface area (Å²) >= 11 is 8.94. The predicted octanol–water partition coefficient (Wildman–Crippen LogP) is 5.37. The van der Waals surface area contributed by atoms with Crippen molar-refractivity contribution >= 4 is 46.2 Å². The maximum atomic E-state index is 14.2. The molecule has 0 fully saturated rings. The maximum Gasteiger partial charge on any atom is 0.208 e. The Labute approximate surface area is 148 Å². The van der Waals surface area contributed by atoms with Gasteiger partial charge in [0.05, 0.1) is 5.69 Å². The Morgan fingerprint density at radius 2 is 1.91 bits per heavy atom. The van der Waals surface area contributed by atoms with Crippen LogP contribution in [0.15, 0.2) is 52.4 Å². The van der Waals surface area contributed by atoms with Gasteiger partial charge in [-0.05, 0) is 42.3 Å². The van der Waals surface area contributed by atoms with Gasteiger partial charge in [-0.15, -0.1) is 16.8 Å². The summed E-state index contributed by atoms with van der Waals surface area (Å²) < 4.78 is 15.5. The average molecular weight is 366 g/mol. The molecule has 0 atom stereocenters. The number of nitriles is 1. The van der Waals surface area contributed by atoms with E-state index in [0.717, 1.165) is 10.5 Å². The van der Waals surface area contributed by atoms with Gasteiger partial charge in [0, 0.05) is 22.2 Å². The molecule has 23 heavy (non-hydrogen) atoms. The van der Waals surface area contributed by atoms with Crippen LogP contribution >= 0.6 is 35.3 Å². The van der Waals surface area contributed by atoms with Crippen LogP contribution in [0.4, 0.5) is 10.1 Å². The van der Waals surface area contributed by atoms with Crippen LogP contribution in [-0.2, 0) is 0 Å². The van der Waals surface area contributed by atoms with Crippen LogP contribution < -0.4 is 4.42 Å². The van der Waals surface area contributed by atoms with E-state index in [1.165, 1.54) is 34.0 Å². The minimum absolute atomic E-state index is 0.261. The van der Waals surface area contributed by atoms with Crippen LogP contribution in [0.1, 0.15) is 0 Å². The predicted molar refractivity (Wildman–Crippen MR) is 98.5 cm³/mol. The zero-order valence-electron chi connectivity index (χ0n) is 12.5. The molecular weight excluding hydrogens is 353 g/mol. The van der Waals surface area contributed by atoms with Gasteiger partial charge in [0.15, 0.2) is 5.17 Å². The molecule has 0 unspecified atom stereocenters. The molecule has 0 saturated heterocycles. The van der Waals surface area contributed by atoms with Crippen molar-refractivity contribution in [3.8, 4) is 17.3 Å². The third-order valence-electron chi connectivity index (χ3n) is 3.08. The molecule has 0 spiro atoms. The molecule has 0 amide bonds. The highest BCUT2D eigenvalue weighted by Crippen LogP contribution is 2.29. The number of hydrogen-bond acceptors (Lipinski definition) is 4. The molecule has 2 rings (SSSR count). The van der Waals surface area contributed by atoms with Crippen molar-refractivity contribution in [3.05, 3.63) is 48.3 Å². The second-order valence-corrected chi connectivity index (χ2v) is 6.36. The Balaban J connectivity index is 2.30. The fraction of sp³-hybridized carbons (Fsp3) is 0.125. The zero-order valence-corrected chi connectivity index (χ0v) is 14.8. The molecule has 0 radical (unpaired) electrons. The molecule has 3 nitrogen and oxygen atoms in total. The number of aliphatic imine (C=N–C) groups is 1. The Bertz CT molecular complexity index is 757. The summed E-state index contributed by atoms with van der Waals surface area (Å²) in [5, 5.41) is 9.02. The fourth-order valence-corrected chi connectivity index (χ4v) is 3.13. The lowest BCUT2D eigenvalue weighted by Gasteiger charge is -2.15. The number of halogens is 2. The highest BCUT2D eigenvalue weighted by molar-refractivity contribution is 8.13. The van der Waals surface area contributed by atoms with E-state index >= 15 is 0 Å². The van der Waals surface area contributed by atoms with Gasteiger partial charge in [-0.1, -0.05) is 30.0 Å². The number of anilines is 1. The van der Waals surface area contributed by atoms with Gasteiger partial charge >= 0.3 is 0 Å². The highest BCUT2D eigenvalue weighted by Gasteiger charge is 2.12. The summed E-state index contributed by atoms with van der Waals surface area (Å²) in [4.78, 5) is 4.53. The van der Waals surface area contributed by atoms with Crippen LogP contribution in [0.5, 0.6) is 0 Å². The molecule has 0 aromatic heterocycles. The molecule has 2 aromatic rings. The normalized spacial score (nSPS) is 11.2. The van der Waals surface area contributed by atoms with E-state index in [2.05, 4.69) is 4.99 Å². The molecule has 0 bridgehead atoms. The van der Waals surface area contributed by atoms with Crippen molar-refractivity contribution in [1.82, 2.24) is 0 Å². The molecule has 0 saturated carbocycles. The van der Waals surface area contributed by atoms with Crippen molar-refractivity contribution in [2.75, 3.05) is 16.9 Å². The molecule has 118 valence electrons. The van der Waals surface area contributed by atoms with Gasteiger partial charge in [-0.25, -0.2) is 8.81 Å². The molecule has 0 aliphatic carbocycles. The molecule has 0 aliphatic heterocycles. The topological polar surface area (TPSA) is 39.4 Å². The minimum atomic E-state index is -0.261. The van der Waals surface area contributed by atoms with Crippen LogP contribution in [0.3, 0.4) is 0 Å². The Hall–Kier alpha value is -1.68. The summed E-state index contributed by atoms with van der Waals surface area (Å²) in [6, 6.07) is 12.3. The first kappa shape index (κ1) is 17.7. The molecule has 2 aromatic carbocycles. The summed E-state index contributed by atoms with van der Waals surface area (Å²) in [5.74, 6) is -0.261. The third kappa shape index (κ3) is 4.20. The maximum absolute atomic E-state index is 14.2. The standard InChI is InChI=1S/C16H13ClFN3S2/c1-22-13-7-8-14(15(18)9-13)11-3-5-12(6-4-11)21(17)16(23-2)20-10-19/h3-9H,1-2H3. The monoisotopic (exact) mass is 365 g/mol. The minimum Gasteiger partial charge on any atom is -0.230 e. The van der Waals surface area contributed by atoms with Gasteiger partial charge in [-0.3, -0.25) is 0 Å². The largest absolute Gasteiger partial charge is 0.230 e. The van der Waals surface area contributed by atoms with Crippen LogP contribution in [0, 0.1) is 17.3 Å². The number of benzene rings is 2. The lowest BCUT2D eigenvalue weighted by molar-refractivity contribution is 0.628. The van der Waals surface area contributed by atoms with E-state index in [1.54, 1.807) is 42.8 Å². The second kappa shape index (κ2) is 8.25. The first-order valence-electron chi connectivity index (χ1n) is 6.51. The SMILES string of the molecule is CSC(=NC#N)N(Cl)c1ccc(-c2ccc(SC)cc2F)cc1. The molecule has 0 N–H and O–H groups in total. The van der Waals surface area contributed by atoms with Crippen molar-refractivity contribution < 1.29 is 4.39 Å². The number of amidine groups is 1. The van der Waals surface area contributed by atoms with Gasteiger partial charge in [0.25, 0.3) is 0 Å². The second-order valence-electron chi connectivity index (χ2n) is 4.37. The zero-order chi connectivity index (χ0) is 16.8. The Morgan fingerprint density at radius 1 is 1.22 bits per heavy atom. The van der Waals surface area contributed by atoms with E-state index in [1.807, 2.05) is 12.3 Å². The quantitative estimate of drug-likeness (QED) is 0.241. The summed E-state index contributed by atoms with van der Waals surface area (Å²) in [6.45, 7) is 0. The van der Waals surface area contributed by atoms with Gasteiger partial charge < -0.3 is 0 Å². The van der Waals surface area contributed by atoms with Crippen LogP contribution in [-0.4, -0.2) is 17.7 Å². The average Bonchev–Trinajstić information content (AvgIpc) is 2.59. The molecular formula is C16H13ClFN3S2. The van der Waals surface area contributed by atoms with Crippen LogP contribution in [0.2, 0.25) is 0 Å². The lowest BCUT2D eigenvalue weighted by Crippen LogP contribution is -2.16. The molecule has 0 aliphatic rings. The van der Waals surface area contributed by atoms with Crippen molar-refractivity contribution in [2.45, 2.75) is 4.90 Å². The number of nitrogens with zero attached hydrogens (tertiary/aromatic N) is 3. The van der Waals surface area contributed by atoms with E-state index in [-0.39, 0.29) is 5.82 Å². The van der Waals surface area contributed by atoms with Gasteiger partial charge in [0.2, 0.25) is 6.19 Å². The molecule has 7 heteroatoms.